The lowest BCUT2D eigenvalue weighted by Gasteiger charge is -2.04. The minimum absolute atomic E-state index is 0.673. The molecular weight excluding hydrogens is 224 g/mol. The molecule has 0 amide bonds. The zero-order valence-electron chi connectivity index (χ0n) is 8.81. The molecule has 16 heavy (non-hydrogen) atoms. The number of aromatic nitrogens is 3. The van der Waals surface area contributed by atoms with E-state index >= 15 is 0 Å². The van der Waals surface area contributed by atoms with Gasteiger partial charge in [-0.2, -0.15) is 5.10 Å². The monoisotopic (exact) mass is 236 g/mol. The Hall–Kier alpha value is -1.39. The third-order valence-electron chi connectivity index (χ3n) is 2.17. The van der Waals surface area contributed by atoms with Gasteiger partial charge >= 0.3 is 0 Å². The van der Waals surface area contributed by atoms with Crippen molar-refractivity contribution in [2.75, 3.05) is 6.54 Å². The summed E-state index contributed by atoms with van der Waals surface area (Å²) in [5.41, 5.74) is 1.18. The summed E-state index contributed by atoms with van der Waals surface area (Å²) < 4.78 is 1.82. The second-order valence-electron chi connectivity index (χ2n) is 3.46. The van der Waals surface area contributed by atoms with E-state index in [-0.39, 0.29) is 0 Å². The Bertz CT molecular complexity index is 427. The van der Waals surface area contributed by atoms with Gasteiger partial charge in [0.25, 0.3) is 0 Å². The van der Waals surface area contributed by atoms with Crippen LogP contribution in [0.5, 0.6) is 0 Å². The molecule has 0 aromatic carbocycles. The van der Waals surface area contributed by atoms with Crippen LogP contribution in [0.4, 0.5) is 0 Å². The lowest BCUT2D eigenvalue weighted by atomic mass is 10.3. The third-order valence-corrected chi connectivity index (χ3v) is 2.37. The first kappa shape index (κ1) is 11.1. The number of hydrogen-bond donors (Lipinski definition) is 1. The maximum atomic E-state index is 5.76. The lowest BCUT2D eigenvalue weighted by molar-refractivity contribution is 0.554. The minimum Gasteiger partial charge on any atom is -0.311 e. The molecule has 2 rings (SSSR count). The SMILES string of the molecule is Clc1cnn(CCNCc2cccnc2)c1. The average molecular weight is 237 g/mol. The van der Waals surface area contributed by atoms with Gasteiger partial charge in [0.2, 0.25) is 0 Å². The van der Waals surface area contributed by atoms with Crippen LogP contribution in [0.2, 0.25) is 5.02 Å². The highest BCUT2D eigenvalue weighted by atomic mass is 35.5. The van der Waals surface area contributed by atoms with Crippen molar-refractivity contribution in [3.8, 4) is 0 Å². The number of hydrogen-bond acceptors (Lipinski definition) is 3. The summed E-state index contributed by atoms with van der Waals surface area (Å²) in [6, 6.07) is 3.98. The van der Waals surface area contributed by atoms with Crippen LogP contribution in [0.15, 0.2) is 36.9 Å². The molecule has 2 aromatic heterocycles. The van der Waals surface area contributed by atoms with Gasteiger partial charge in [0.1, 0.15) is 0 Å². The third kappa shape index (κ3) is 3.32. The lowest BCUT2D eigenvalue weighted by Crippen LogP contribution is -2.19. The van der Waals surface area contributed by atoms with Crippen molar-refractivity contribution >= 4 is 11.6 Å². The Morgan fingerprint density at radius 3 is 3.00 bits per heavy atom. The first-order valence-electron chi connectivity index (χ1n) is 5.12. The van der Waals surface area contributed by atoms with Crippen molar-refractivity contribution in [1.82, 2.24) is 20.1 Å². The molecule has 2 heterocycles. The fraction of sp³-hybridized carbons (Fsp3) is 0.273. The molecule has 0 atom stereocenters. The highest BCUT2D eigenvalue weighted by Gasteiger charge is 1.95. The number of pyridine rings is 1. The molecule has 4 nitrogen and oxygen atoms in total. The molecule has 0 aliphatic carbocycles. The first-order valence-corrected chi connectivity index (χ1v) is 5.50. The number of nitrogens with one attached hydrogen (secondary N) is 1. The Labute approximate surface area is 99.3 Å². The van der Waals surface area contributed by atoms with Gasteiger partial charge in [-0.15, -0.1) is 0 Å². The topological polar surface area (TPSA) is 42.7 Å². The molecule has 0 saturated carbocycles. The van der Waals surface area contributed by atoms with Gasteiger partial charge in [0.15, 0.2) is 0 Å². The standard InChI is InChI=1S/C11H13ClN4/c12-11-8-15-16(9-11)5-4-14-7-10-2-1-3-13-6-10/h1-3,6,8-9,14H,4-5,7H2. The predicted octanol–water partition coefficient (Wildman–Crippen LogP) is 1.72. The molecule has 0 unspecified atom stereocenters. The summed E-state index contributed by atoms with van der Waals surface area (Å²) >= 11 is 5.76. The highest BCUT2D eigenvalue weighted by molar-refractivity contribution is 6.30. The van der Waals surface area contributed by atoms with E-state index in [1.165, 1.54) is 5.56 Å². The first-order chi connectivity index (χ1) is 7.84. The van der Waals surface area contributed by atoms with E-state index in [2.05, 4.69) is 15.4 Å². The average Bonchev–Trinajstić information content (AvgIpc) is 2.72. The predicted molar refractivity (Wildman–Crippen MR) is 63.2 cm³/mol. The Balaban J connectivity index is 1.69. The largest absolute Gasteiger partial charge is 0.311 e. The zero-order chi connectivity index (χ0) is 11.2. The van der Waals surface area contributed by atoms with E-state index in [0.717, 1.165) is 19.6 Å². The minimum atomic E-state index is 0.673. The van der Waals surface area contributed by atoms with E-state index in [4.69, 9.17) is 11.6 Å². The van der Waals surface area contributed by atoms with Crippen LogP contribution in [-0.2, 0) is 13.1 Å². The Morgan fingerprint density at radius 1 is 1.38 bits per heavy atom. The van der Waals surface area contributed by atoms with Gasteiger partial charge in [-0.25, -0.2) is 0 Å². The molecule has 0 aliphatic heterocycles. The maximum absolute atomic E-state index is 5.76. The molecule has 2 aromatic rings. The van der Waals surface area contributed by atoms with Gasteiger partial charge in [0, 0.05) is 31.7 Å². The fourth-order valence-electron chi connectivity index (χ4n) is 1.39. The smallest absolute Gasteiger partial charge is 0.0785 e. The fourth-order valence-corrected chi connectivity index (χ4v) is 1.55. The van der Waals surface area contributed by atoms with Crippen LogP contribution in [0.1, 0.15) is 5.56 Å². The molecule has 0 saturated heterocycles. The van der Waals surface area contributed by atoms with Gasteiger partial charge in [-0.05, 0) is 11.6 Å². The van der Waals surface area contributed by atoms with E-state index in [9.17, 15) is 0 Å². The zero-order valence-corrected chi connectivity index (χ0v) is 9.56. The normalized spacial score (nSPS) is 10.6. The molecule has 0 bridgehead atoms. The summed E-state index contributed by atoms with van der Waals surface area (Å²) in [6.45, 7) is 2.49. The summed E-state index contributed by atoms with van der Waals surface area (Å²) in [4.78, 5) is 4.05. The molecule has 0 fully saturated rings. The van der Waals surface area contributed by atoms with Crippen molar-refractivity contribution in [2.45, 2.75) is 13.1 Å². The van der Waals surface area contributed by atoms with Crippen LogP contribution in [0.25, 0.3) is 0 Å². The van der Waals surface area contributed by atoms with Crippen molar-refractivity contribution < 1.29 is 0 Å². The Morgan fingerprint density at radius 2 is 2.31 bits per heavy atom. The van der Waals surface area contributed by atoms with Crippen molar-refractivity contribution in [3.63, 3.8) is 0 Å². The maximum Gasteiger partial charge on any atom is 0.0785 e. The van der Waals surface area contributed by atoms with Gasteiger partial charge in [0.05, 0.1) is 17.8 Å². The number of nitrogens with zero attached hydrogens (tertiary/aromatic N) is 3. The summed E-state index contributed by atoms with van der Waals surface area (Å²) in [5, 5.41) is 8.08. The molecule has 0 spiro atoms. The second kappa shape index (κ2) is 5.63. The van der Waals surface area contributed by atoms with Gasteiger partial charge in [-0.1, -0.05) is 17.7 Å². The van der Waals surface area contributed by atoms with E-state index in [0.29, 0.717) is 5.02 Å². The number of rotatable bonds is 5. The summed E-state index contributed by atoms with van der Waals surface area (Å²) in [5.74, 6) is 0. The van der Waals surface area contributed by atoms with Crippen molar-refractivity contribution in [2.24, 2.45) is 0 Å². The van der Waals surface area contributed by atoms with E-state index < -0.39 is 0 Å². The Kier molecular flexibility index (Phi) is 3.91. The van der Waals surface area contributed by atoms with Crippen molar-refractivity contribution in [3.05, 3.63) is 47.5 Å². The van der Waals surface area contributed by atoms with Gasteiger partial charge in [-0.3, -0.25) is 9.67 Å². The molecule has 0 radical (unpaired) electrons. The van der Waals surface area contributed by atoms with Crippen LogP contribution >= 0.6 is 11.6 Å². The molecule has 0 aliphatic rings. The molecule has 1 N–H and O–H groups in total. The van der Waals surface area contributed by atoms with Crippen LogP contribution < -0.4 is 5.32 Å². The van der Waals surface area contributed by atoms with Crippen LogP contribution in [-0.4, -0.2) is 21.3 Å². The summed E-state index contributed by atoms with van der Waals surface area (Å²) in [7, 11) is 0. The van der Waals surface area contributed by atoms with Crippen molar-refractivity contribution in [1.29, 1.82) is 0 Å². The van der Waals surface area contributed by atoms with E-state index in [1.54, 1.807) is 12.4 Å². The second-order valence-corrected chi connectivity index (χ2v) is 3.90. The number of halogens is 1. The van der Waals surface area contributed by atoms with Crippen LogP contribution in [0, 0.1) is 0 Å². The highest BCUT2D eigenvalue weighted by Crippen LogP contribution is 2.03. The molecule has 84 valence electrons. The molecular formula is C11H13ClN4. The van der Waals surface area contributed by atoms with E-state index in [1.807, 2.05) is 29.2 Å². The quantitative estimate of drug-likeness (QED) is 0.804. The summed E-state index contributed by atoms with van der Waals surface area (Å²) in [6.07, 6.45) is 7.09. The van der Waals surface area contributed by atoms with Crippen LogP contribution in [0.3, 0.4) is 0 Å². The van der Waals surface area contributed by atoms with Gasteiger partial charge < -0.3 is 5.32 Å². The molecule has 5 heteroatoms.